The highest BCUT2D eigenvalue weighted by atomic mass is 19.1. The highest BCUT2D eigenvalue weighted by molar-refractivity contribution is 5.82. The molecule has 31 heavy (non-hydrogen) atoms. The number of hydrazone groups is 1. The number of fused-ring (bicyclic) bond motifs is 1. The summed E-state index contributed by atoms with van der Waals surface area (Å²) in [6, 6.07) is 6.48. The van der Waals surface area contributed by atoms with E-state index in [1.54, 1.807) is 18.5 Å². The van der Waals surface area contributed by atoms with Crippen LogP contribution in [0.3, 0.4) is 0 Å². The molecule has 1 aromatic carbocycles. The number of nitrogens with zero attached hydrogens (tertiary/aromatic N) is 6. The van der Waals surface area contributed by atoms with Gasteiger partial charge in [0.2, 0.25) is 11.9 Å². The number of halogens is 2. The molecule has 0 spiro atoms. The van der Waals surface area contributed by atoms with Gasteiger partial charge in [0.25, 0.3) is 0 Å². The lowest BCUT2D eigenvalue weighted by molar-refractivity contribution is -0.137. The van der Waals surface area contributed by atoms with Gasteiger partial charge in [0.05, 0.1) is 6.04 Å². The standard InChI is InChI=1S/C22H20F2N6O/c23-17-7-13(8-18(24)9-17)20-2-4-27-30(20)21(31)14-5-15-11-29(12-16(15)6-14)22-26-3-1-19(10-25)28-22/h1,3-4,7-9,14-16,20H,2,5-6,11-12H2/t14?,15-,16+,20?. The third kappa shape index (κ3) is 3.63. The summed E-state index contributed by atoms with van der Waals surface area (Å²) in [6.45, 7) is 1.48. The lowest BCUT2D eigenvalue weighted by atomic mass is 10.0. The molecule has 0 bridgehead atoms. The monoisotopic (exact) mass is 422 g/mol. The summed E-state index contributed by atoms with van der Waals surface area (Å²) in [5.74, 6) is -0.361. The highest BCUT2D eigenvalue weighted by Crippen LogP contribution is 2.44. The van der Waals surface area contributed by atoms with E-state index in [4.69, 9.17) is 5.26 Å². The molecule has 2 unspecified atom stereocenters. The molecule has 3 aliphatic rings. The Labute approximate surface area is 178 Å². The van der Waals surface area contributed by atoms with E-state index in [1.807, 2.05) is 6.07 Å². The van der Waals surface area contributed by atoms with E-state index in [0.717, 1.165) is 32.0 Å². The largest absolute Gasteiger partial charge is 0.340 e. The number of rotatable bonds is 3. The first-order valence-corrected chi connectivity index (χ1v) is 10.3. The first-order chi connectivity index (χ1) is 15.0. The smallest absolute Gasteiger partial charge is 0.246 e. The maximum Gasteiger partial charge on any atom is 0.246 e. The molecule has 0 radical (unpaired) electrons. The molecule has 5 rings (SSSR count). The SMILES string of the molecule is N#Cc1ccnc(N2C[C@H]3CC(C(=O)N4N=CCC4c4cc(F)cc(F)c4)C[C@H]3C2)n1. The molecule has 1 aliphatic carbocycles. The van der Waals surface area contributed by atoms with Crippen molar-refractivity contribution in [3.63, 3.8) is 0 Å². The average Bonchev–Trinajstić information content (AvgIpc) is 3.47. The summed E-state index contributed by atoms with van der Waals surface area (Å²) >= 11 is 0. The van der Waals surface area contributed by atoms with Crippen LogP contribution >= 0.6 is 0 Å². The maximum absolute atomic E-state index is 13.7. The fourth-order valence-corrected chi connectivity index (χ4v) is 5.09. The number of nitriles is 1. The fourth-order valence-electron chi connectivity index (χ4n) is 5.09. The molecule has 2 fully saturated rings. The number of carbonyl (C=O) groups excluding carboxylic acids is 1. The Bertz CT molecular complexity index is 1070. The van der Waals surface area contributed by atoms with Gasteiger partial charge < -0.3 is 4.90 Å². The van der Waals surface area contributed by atoms with Gasteiger partial charge in [-0.2, -0.15) is 10.4 Å². The van der Waals surface area contributed by atoms with E-state index in [1.165, 1.54) is 17.1 Å². The van der Waals surface area contributed by atoms with Crippen LogP contribution in [-0.2, 0) is 4.79 Å². The second kappa shape index (κ2) is 7.69. The zero-order chi connectivity index (χ0) is 21.5. The third-order valence-electron chi connectivity index (χ3n) is 6.47. The van der Waals surface area contributed by atoms with E-state index < -0.39 is 17.7 Å². The minimum atomic E-state index is -0.660. The molecule has 7 nitrogen and oxygen atoms in total. The molecule has 1 aromatic heterocycles. The van der Waals surface area contributed by atoms with Crippen LogP contribution in [0, 0.1) is 40.7 Å². The minimum Gasteiger partial charge on any atom is -0.340 e. The molecular formula is C22H20F2N6O. The molecule has 158 valence electrons. The predicted molar refractivity (Wildman–Crippen MR) is 108 cm³/mol. The number of hydrogen-bond donors (Lipinski definition) is 0. The van der Waals surface area contributed by atoms with Crippen molar-refractivity contribution in [2.75, 3.05) is 18.0 Å². The highest BCUT2D eigenvalue weighted by Gasteiger charge is 2.46. The molecule has 2 aromatic rings. The first-order valence-electron chi connectivity index (χ1n) is 10.3. The average molecular weight is 422 g/mol. The summed E-state index contributed by atoms with van der Waals surface area (Å²) in [6.07, 6.45) is 5.11. The number of benzene rings is 1. The van der Waals surface area contributed by atoms with Crippen LogP contribution in [0.2, 0.25) is 0 Å². The summed E-state index contributed by atoms with van der Waals surface area (Å²) < 4.78 is 27.3. The molecule has 0 N–H and O–H groups in total. The lowest BCUT2D eigenvalue weighted by Gasteiger charge is -2.26. The Morgan fingerprint density at radius 1 is 1.13 bits per heavy atom. The van der Waals surface area contributed by atoms with Crippen molar-refractivity contribution in [1.29, 1.82) is 5.26 Å². The van der Waals surface area contributed by atoms with Crippen LogP contribution in [0.25, 0.3) is 0 Å². The zero-order valence-corrected chi connectivity index (χ0v) is 16.7. The summed E-state index contributed by atoms with van der Waals surface area (Å²) in [7, 11) is 0. The van der Waals surface area contributed by atoms with Gasteiger partial charge in [-0.1, -0.05) is 0 Å². The van der Waals surface area contributed by atoms with Gasteiger partial charge in [-0.3, -0.25) is 4.79 Å². The Morgan fingerprint density at radius 2 is 1.84 bits per heavy atom. The molecule has 9 heteroatoms. The lowest BCUT2D eigenvalue weighted by Crippen LogP contribution is -2.33. The number of hydrogen-bond acceptors (Lipinski definition) is 6. The van der Waals surface area contributed by atoms with Crippen molar-refractivity contribution in [2.24, 2.45) is 22.9 Å². The molecule has 4 atom stereocenters. The van der Waals surface area contributed by atoms with Gasteiger partial charge in [0.1, 0.15) is 23.4 Å². The maximum atomic E-state index is 13.7. The summed E-state index contributed by atoms with van der Waals surface area (Å²) in [4.78, 5) is 23.8. The van der Waals surface area contributed by atoms with Crippen LogP contribution in [0.5, 0.6) is 0 Å². The zero-order valence-electron chi connectivity index (χ0n) is 16.7. The van der Waals surface area contributed by atoms with E-state index >= 15 is 0 Å². The second-order valence-corrected chi connectivity index (χ2v) is 8.38. The molecular weight excluding hydrogens is 402 g/mol. The number of carbonyl (C=O) groups is 1. The molecule has 3 heterocycles. The van der Waals surface area contributed by atoms with Gasteiger partial charge in [0, 0.05) is 43.9 Å². The van der Waals surface area contributed by atoms with Gasteiger partial charge in [-0.25, -0.2) is 23.8 Å². The molecule has 1 amide bonds. The minimum absolute atomic E-state index is 0.0907. The van der Waals surface area contributed by atoms with E-state index in [-0.39, 0.29) is 11.8 Å². The van der Waals surface area contributed by atoms with Crippen LogP contribution < -0.4 is 4.90 Å². The quantitative estimate of drug-likeness (QED) is 0.759. The topological polar surface area (TPSA) is 85.5 Å². The summed E-state index contributed by atoms with van der Waals surface area (Å²) in [5.41, 5.74) is 0.754. The van der Waals surface area contributed by atoms with E-state index in [2.05, 4.69) is 20.0 Å². The Hall–Kier alpha value is -3.41. The molecule has 1 saturated carbocycles. The Kier molecular flexibility index (Phi) is 4.85. The van der Waals surface area contributed by atoms with Crippen molar-refractivity contribution >= 4 is 18.1 Å². The van der Waals surface area contributed by atoms with Crippen molar-refractivity contribution in [3.8, 4) is 6.07 Å². The Morgan fingerprint density at radius 3 is 2.52 bits per heavy atom. The predicted octanol–water partition coefficient (Wildman–Crippen LogP) is 3.05. The first kappa shape index (κ1) is 19.5. The number of anilines is 1. The van der Waals surface area contributed by atoms with Crippen LogP contribution in [0.1, 0.15) is 36.6 Å². The molecule has 2 aliphatic heterocycles. The van der Waals surface area contributed by atoms with E-state index in [9.17, 15) is 13.6 Å². The normalized spacial score (nSPS) is 26.9. The fraction of sp³-hybridized carbons (Fsp3) is 0.409. The van der Waals surface area contributed by atoms with Crippen molar-refractivity contribution in [1.82, 2.24) is 15.0 Å². The van der Waals surface area contributed by atoms with Gasteiger partial charge in [0.15, 0.2) is 0 Å². The molecule has 1 saturated heterocycles. The summed E-state index contributed by atoms with van der Waals surface area (Å²) in [5, 5.41) is 14.7. The van der Waals surface area contributed by atoms with Gasteiger partial charge in [-0.15, -0.1) is 0 Å². The number of amides is 1. The number of aromatic nitrogens is 2. The van der Waals surface area contributed by atoms with Crippen LogP contribution in [-0.4, -0.2) is 40.2 Å². The van der Waals surface area contributed by atoms with Crippen molar-refractivity contribution in [3.05, 3.63) is 53.4 Å². The van der Waals surface area contributed by atoms with Crippen molar-refractivity contribution < 1.29 is 13.6 Å². The Balaban J connectivity index is 1.26. The van der Waals surface area contributed by atoms with E-state index in [0.29, 0.717) is 35.5 Å². The van der Waals surface area contributed by atoms with Crippen LogP contribution in [0.4, 0.5) is 14.7 Å². The third-order valence-corrected chi connectivity index (χ3v) is 6.47. The van der Waals surface area contributed by atoms with Gasteiger partial charge >= 0.3 is 0 Å². The van der Waals surface area contributed by atoms with Crippen LogP contribution in [0.15, 0.2) is 35.6 Å². The van der Waals surface area contributed by atoms with Gasteiger partial charge in [-0.05, 0) is 48.4 Å². The van der Waals surface area contributed by atoms with Crippen molar-refractivity contribution in [2.45, 2.75) is 25.3 Å². The second-order valence-electron chi connectivity index (χ2n) is 8.38.